The first kappa shape index (κ1) is 21.6. The number of carbonyl (C=O) groups excluding carboxylic acids is 2. The quantitative estimate of drug-likeness (QED) is 0.449. The summed E-state index contributed by atoms with van der Waals surface area (Å²) < 4.78 is 0. The summed E-state index contributed by atoms with van der Waals surface area (Å²) in [6.45, 7) is 2.87. The number of nitrogens with zero attached hydrogens (tertiary/aromatic N) is 1. The normalized spacial score (nSPS) is 14.3. The number of carboxylic acid groups (broad SMARTS) is 1. The van der Waals surface area contributed by atoms with E-state index in [0.717, 1.165) is 36.1 Å². The van der Waals surface area contributed by atoms with Gasteiger partial charge in [-0.1, -0.05) is 42.5 Å². The van der Waals surface area contributed by atoms with Crippen molar-refractivity contribution >= 4 is 17.7 Å². The summed E-state index contributed by atoms with van der Waals surface area (Å²) in [7, 11) is 0. The van der Waals surface area contributed by atoms with Crippen molar-refractivity contribution in [3.8, 4) is 11.3 Å². The van der Waals surface area contributed by atoms with Crippen molar-refractivity contribution in [3.05, 3.63) is 83.0 Å². The van der Waals surface area contributed by atoms with Crippen LogP contribution in [0.2, 0.25) is 0 Å². The molecule has 2 N–H and O–H groups in total. The number of rotatable bonds is 6. The molecule has 0 aliphatic carbocycles. The van der Waals surface area contributed by atoms with E-state index in [-0.39, 0.29) is 5.56 Å². The van der Waals surface area contributed by atoms with Crippen LogP contribution in [-0.2, 0) is 11.2 Å². The van der Waals surface area contributed by atoms with Crippen molar-refractivity contribution in [2.45, 2.75) is 26.2 Å². The lowest BCUT2D eigenvalue weighted by atomic mass is 9.89. The number of hydrogen-bond donors (Lipinski definition) is 2. The monoisotopic (exact) mass is 430 g/mol. The van der Waals surface area contributed by atoms with Crippen LogP contribution in [0.4, 0.5) is 0 Å². The molecule has 3 aromatic rings. The first-order valence-corrected chi connectivity index (χ1v) is 10.8. The highest BCUT2D eigenvalue weighted by Crippen LogP contribution is 2.25. The zero-order valence-electron chi connectivity index (χ0n) is 18.0. The molecule has 1 saturated heterocycles. The number of carbonyl (C=O) groups is 3. The first-order valence-electron chi connectivity index (χ1n) is 10.8. The highest BCUT2D eigenvalue weighted by atomic mass is 16.4. The minimum Gasteiger partial charge on any atom is -0.478 e. The molecular weight excluding hydrogens is 404 g/mol. The second kappa shape index (κ2) is 9.22. The van der Waals surface area contributed by atoms with Crippen LogP contribution in [0.3, 0.4) is 0 Å². The molecule has 0 spiro atoms. The summed E-state index contributed by atoms with van der Waals surface area (Å²) in [5.41, 5.74) is 4.17. The van der Waals surface area contributed by atoms with Crippen LogP contribution in [0.25, 0.3) is 11.3 Å². The van der Waals surface area contributed by atoms with Gasteiger partial charge in [0.25, 0.3) is 11.7 Å². The average molecular weight is 431 g/mol. The maximum atomic E-state index is 12.9. The van der Waals surface area contributed by atoms with Gasteiger partial charge < -0.3 is 15.0 Å². The molecule has 164 valence electrons. The molecule has 0 saturated carbocycles. The molecule has 0 radical (unpaired) electrons. The summed E-state index contributed by atoms with van der Waals surface area (Å²) in [4.78, 5) is 41.8. The van der Waals surface area contributed by atoms with Gasteiger partial charge in [0.2, 0.25) is 0 Å². The number of hydrogen-bond acceptors (Lipinski definition) is 3. The number of amides is 1. The van der Waals surface area contributed by atoms with Gasteiger partial charge in [0.15, 0.2) is 0 Å². The molecular formula is C26H26N2O4. The van der Waals surface area contributed by atoms with Gasteiger partial charge in [-0.05, 0) is 61.4 Å². The van der Waals surface area contributed by atoms with E-state index in [4.69, 9.17) is 5.11 Å². The number of aryl methyl sites for hydroxylation is 1. The molecule has 6 heteroatoms. The van der Waals surface area contributed by atoms with Gasteiger partial charge in [-0.25, -0.2) is 4.79 Å². The van der Waals surface area contributed by atoms with E-state index in [1.807, 2.05) is 43.3 Å². The molecule has 1 aliphatic heterocycles. The smallest absolute Gasteiger partial charge is 0.335 e. The number of piperidine rings is 1. The lowest BCUT2D eigenvalue weighted by Crippen LogP contribution is -2.42. The second-order valence-electron chi connectivity index (χ2n) is 8.36. The fourth-order valence-corrected chi connectivity index (χ4v) is 4.33. The molecule has 2 aromatic carbocycles. The Hall–Kier alpha value is -3.67. The Morgan fingerprint density at radius 1 is 1.00 bits per heavy atom. The fourth-order valence-electron chi connectivity index (χ4n) is 4.33. The van der Waals surface area contributed by atoms with Crippen LogP contribution >= 0.6 is 0 Å². The van der Waals surface area contributed by atoms with Crippen LogP contribution < -0.4 is 0 Å². The topological polar surface area (TPSA) is 90.5 Å². The Bertz CT molecular complexity index is 1140. The van der Waals surface area contributed by atoms with E-state index < -0.39 is 17.7 Å². The van der Waals surface area contributed by atoms with Crippen LogP contribution in [-0.4, -0.2) is 45.7 Å². The maximum absolute atomic E-state index is 12.9. The van der Waals surface area contributed by atoms with Crippen molar-refractivity contribution in [1.29, 1.82) is 0 Å². The first-order chi connectivity index (χ1) is 15.4. The van der Waals surface area contributed by atoms with Crippen LogP contribution in [0.1, 0.15) is 44.8 Å². The Kier molecular flexibility index (Phi) is 6.21. The maximum Gasteiger partial charge on any atom is 0.335 e. The van der Waals surface area contributed by atoms with Gasteiger partial charge in [0.1, 0.15) is 0 Å². The number of aromatic amines is 1. The number of benzene rings is 2. The molecule has 6 nitrogen and oxygen atoms in total. The fraction of sp³-hybridized carbons (Fsp3) is 0.269. The molecule has 32 heavy (non-hydrogen) atoms. The predicted octanol–water partition coefficient (Wildman–Crippen LogP) is 4.35. The molecule has 1 aliphatic rings. The van der Waals surface area contributed by atoms with Crippen molar-refractivity contribution in [2.75, 3.05) is 13.1 Å². The Morgan fingerprint density at radius 3 is 2.41 bits per heavy atom. The number of Topliss-reactive ketones (excluding diaryl/α,β-unsaturated/α-hetero) is 1. The molecule has 4 rings (SSSR count). The molecule has 0 atom stereocenters. The Balaban J connectivity index is 1.37. The van der Waals surface area contributed by atoms with Gasteiger partial charge >= 0.3 is 5.97 Å². The molecule has 1 amide bonds. The third kappa shape index (κ3) is 4.64. The van der Waals surface area contributed by atoms with Crippen molar-refractivity contribution in [3.63, 3.8) is 0 Å². The molecule has 1 fully saturated rings. The standard InChI is InChI=1S/C26H26N2O4/c1-17-22(16-23(27-17)20-7-3-2-4-8-20)24(29)25(30)28-12-10-18(11-13-28)14-19-6-5-9-21(15-19)26(31)32/h2-9,15-16,18,27H,10-14H2,1H3,(H,31,32). The number of carboxylic acids is 1. The lowest BCUT2D eigenvalue weighted by molar-refractivity contribution is -0.127. The zero-order chi connectivity index (χ0) is 22.7. The van der Waals surface area contributed by atoms with Crippen molar-refractivity contribution < 1.29 is 19.5 Å². The lowest BCUT2D eigenvalue weighted by Gasteiger charge is -2.31. The zero-order valence-corrected chi connectivity index (χ0v) is 18.0. The number of likely N-dealkylation sites (tertiary alicyclic amines) is 1. The van der Waals surface area contributed by atoms with Crippen LogP contribution in [0.15, 0.2) is 60.7 Å². The molecule has 2 heterocycles. The number of ketones is 1. The van der Waals surface area contributed by atoms with Crippen LogP contribution in [0.5, 0.6) is 0 Å². The summed E-state index contributed by atoms with van der Waals surface area (Å²) in [5, 5.41) is 9.16. The number of aromatic carboxylic acids is 1. The predicted molar refractivity (Wildman–Crippen MR) is 122 cm³/mol. The van der Waals surface area contributed by atoms with Gasteiger partial charge in [0, 0.05) is 30.0 Å². The highest BCUT2D eigenvalue weighted by Gasteiger charge is 2.29. The largest absolute Gasteiger partial charge is 0.478 e. The van der Waals surface area contributed by atoms with Gasteiger partial charge in [-0.2, -0.15) is 0 Å². The van der Waals surface area contributed by atoms with E-state index >= 15 is 0 Å². The molecule has 1 aromatic heterocycles. The van der Waals surface area contributed by atoms with E-state index in [0.29, 0.717) is 30.3 Å². The summed E-state index contributed by atoms with van der Waals surface area (Å²) in [6, 6.07) is 18.5. The number of nitrogens with one attached hydrogen (secondary N) is 1. The van der Waals surface area contributed by atoms with E-state index in [1.54, 1.807) is 29.2 Å². The molecule has 0 unspecified atom stereocenters. The minimum absolute atomic E-state index is 0.289. The van der Waals surface area contributed by atoms with Crippen molar-refractivity contribution in [1.82, 2.24) is 9.88 Å². The highest BCUT2D eigenvalue weighted by molar-refractivity contribution is 6.43. The molecule has 0 bridgehead atoms. The number of H-pyrrole nitrogens is 1. The van der Waals surface area contributed by atoms with E-state index in [9.17, 15) is 14.4 Å². The van der Waals surface area contributed by atoms with Gasteiger partial charge in [-0.15, -0.1) is 0 Å². The van der Waals surface area contributed by atoms with E-state index in [1.165, 1.54) is 0 Å². The van der Waals surface area contributed by atoms with Crippen LogP contribution in [0, 0.1) is 12.8 Å². The third-order valence-corrected chi connectivity index (χ3v) is 6.14. The van der Waals surface area contributed by atoms with Crippen molar-refractivity contribution in [2.24, 2.45) is 5.92 Å². The van der Waals surface area contributed by atoms with Gasteiger partial charge in [-0.3, -0.25) is 9.59 Å². The SMILES string of the molecule is Cc1[nH]c(-c2ccccc2)cc1C(=O)C(=O)N1CCC(Cc2cccc(C(=O)O)c2)CC1. The second-order valence-corrected chi connectivity index (χ2v) is 8.36. The summed E-state index contributed by atoms with van der Waals surface area (Å²) in [5.74, 6) is -1.51. The van der Waals surface area contributed by atoms with E-state index in [2.05, 4.69) is 4.98 Å². The average Bonchev–Trinajstić information content (AvgIpc) is 3.21. The number of aromatic nitrogens is 1. The summed E-state index contributed by atoms with van der Waals surface area (Å²) >= 11 is 0. The third-order valence-electron chi connectivity index (χ3n) is 6.14. The van der Waals surface area contributed by atoms with Gasteiger partial charge in [0.05, 0.1) is 5.56 Å². The summed E-state index contributed by atoms with van der Waals surface area (Å²) in [6.07, 6.45) is 2.35. The minimum atomic E-state index is -0.929. The Morgan fingerprint density at radius 2 is 1.72 bits per heavy atom. The Labute approximate surface area is 186 Å².